The largest absolute Gasteiger partial charge is 0.454 e. The number of nitriles is 1. The van der Waals surface area contributed by atoms with Crippen molar-refractivity contribution in [2.24, 2.45) is 0 Å². The average Bonchev–Trinajstić information content (AvgIpc) is 3.55. The molecule has 0 atom stereocenters. The first-order valence-electron chi connectivity index (χ1n) is 14.0. The Hall–Kier alpha value is -6.28. The first kappa shape index (κ1) is 29.8. The van der Waals surface area contributed by atoms with Crippen molar-refractivity contribution in [2.75, 3.05) is 6.79 Å². The number of carbonyl (C=O) groups is 2. The summed E-state index contributed by atoms with van der Waals surface area (Å²) in [6.45, 7) is 0.278. The molecular weight excluding hydrogens is 594 g/mol. The number of aromatic nitrogens is 1. The number of nitrogens with one attached hydrogen (secondary N) is 2. The summed E-state index contributed by atoms with van der Waals surface area (Å²) in [5.74, 6) is -0.912. The van der Waals surface area contributed by atoms with Crippen molar-refractivity contribution in [2.45, 2.75) is 13.1 Å². The molecule has 0 aliphatic carbocycles. The topological polar surface area (TPSA) is 123 Å². The molecule has 0 spiro atoms. The number of rotatable bonds is 9. The second-order valence-electron chi connectivity index (χ2n) is 10.2. The molecule has 1 aromatic heterocycles. The van der Waals surface area contributed by atoms with Crippen LogP contribution in [0.5, 0.6) is 23.1 Å². The number of pyridine rings is 1. The van der Waals surface area contributed by atoms with Gasteiger partial charge in [-0.1, -0.05) is 48.5 Å². The number of hydrogen-bond acceptors (Lipinski definition) is 7. The maximum Gasteiger partial charge on any atom is 0.257 e. The van der Waals surface area contributed by atoms with Crippen LogP contribution in [0.1, 0.15) is 37.4 Å². The molecule has 2 amide bonds. The lowest BCUT2D eigenvalue weighted by molar-refractivity contribution is 0.0940. The minimum absolute atomic E-state index is 0.0821. The van der Waals surface area contributed by atoms with Crippen molar-refractivity contribution in [1.29, 1.82) is 5.26 Å². The van der Waals surface area contributed by atoms with Gasteiger partial charge in [-0.15, -0.1) is 0 Å². The lowest BCUT2D eigenvalue weighted by atomic mass is 10.0. The monoisotopic (exact) mass is 618 g/mol. The molecular formula is C35H24F2N4O5. The van der Waals surface area contributed by atoms with Gasteiger partial charge in [0, 0.05) is 24.7 Å². The zero-order valence-corrected chi connectivity index (χ0v) is 24.1. The summed E-state index contributed by atoms with van der Waals surface area (Å²) < 4.78 is 45.5. The van der Waals surface area contributed by atoms with Gasteiger partial charge in [0.25, 0.3) is 11.8 Å². The standard InChI is InChI=1S/C35H24F2N4O5/c36-25-14-29(35(41-19-25)46-26-10-12-31-32(15-26)45-20-44-31)34(43)39-17-21-5-8-23(9-6-21)27-11-7-22(13-30(27)37)18-40-33(42)28-4-2-1-3-24(28)16-38/h1-15,19H,17-18,20H2,(H,39,43)(H,40,42). The van der Waals surface area contributed by atoms with Crippen LogP contribution in [0.4, 0.5) is 8.78 Å². The minimum atomic E-state index is -0.702. The Balaban J connectivity index is 1.07. The van der Waals surface area contributed by atoms with E-state index in [4.69, 9.17) is 14.2 Å². The van der Waals surface area contributed by atoms with Gasteiger partial charge in [-0.05, 0) is 53.1 Å². The molecule has 0 bridgehead atoms. The minimum Gasteiger partial charge on any atom is -0.454 e. The van der Waals surface area contributed by atoms with Gasteiger partial charge in [0.1, 0.15) is 22.9 Å². The first-order valence-corrected chi connectivity index (χ1v) is 14.0. The van der Waals surface area contributed by atoms with E-state index in [0.717, 1.165) is 17.8 Å². The van der Waals surface area contributed by atoms with Crippen molar-refractivity contribution in [3.05, 3.63) is 137 Å². The van der Waals surface area contributed by atoms with Crippen molar-refractivity contribution < 1.29 is 32.6 Å². The van der Waals surface area contributed by atoms with Crippen LogP contribution < -0.4 is 24.8 Å². The van der Waals surface area contributed by atoms with Gasteiger partial charge in [0.05, 0.1) is 23.4 Å². The van der Waals surface area contributed by atoms with Crippen LogP contribution in [0.2, 0.25) is 0 Å². The molecule has 0 unspecified atom stereocenters. The Morgan fingerprint density at radius 3 is 2.33 bits per heavy atom. The molecule has 11 heteroatoms. The van der Waals surface area contributed by atoms with Crippen LogP contribution in [0.3, 0.4) is 0 Å². The Kier molecular flexibility index (Phi) is 8.51. The SMILES string of the molecule is N#Cc1ccccc1C(=O)NCc1ccc(-c2ccc(CNC(=O)c3cc(F)cnc3Oc3ccc4c(c3)OCO4)cc2)c(F)c1. The van der Waals surface area contributed by atoms with Crippen LogP contribution in [0.25, 0.3) is 11.1 Å². The molecule has 2 heterocycles. The second kappa shape index (κ2) is 13.2. The average molecular weight is 619 g/mol. The van der Waals surface area contributed by atoms with E-state index < -0.39 is 23.4 Å². The van der Waals surface area contributed by atoms with Crippen LogP contribution in [-0.2, 0) is 13.1 Å². The lowest BCUT2D eigenvalue weighted by Crippen LogP contribution is -2.23. The fourth-order valence-corrected chi connectivity index (χ4v) is 4.76. The fraction of sp³-hybridized carbons (Fsp3) is 0.0857. The molecule has 5 aromatic rings. The van der Waals surface area contributed by atoms with Gasteiger partial charge < -0.3 is 24.8 Å². The van der Waals surface area contributed by atoms with E-state index in [1.165, 1.54) is 6.07 Å². The van der Waals surface area contributed by atoms with Gasteiger partial charge in [-0.25, -0.2) is 13.8 Å². The molecule has 2 N–H and O–H groups in total. The summed E-state index contributed by atoms with van der Waals surface area (Å²) >= 11 is 0. The lowest BCUT2D eigenvalue weighted by Gasteiger charge is -2.12. The van der Waals surface area contributed by atoms with Crippen LogP contribution in [-0.4, -0.2) is 23.6 Å². The van der Waals surface area contributed by atoms with Crippen LogP contribution in [0.15, 0.2) is 97.2 Å². The van der Waals surface area contributed by atoms with Gasteiger partial charge in [-0.2, -0.15) is 5.26 Å². The smallest absolute Gasteiger partial charge is 0.257 e. The van der Waals surface area contributed by atoms with Crippen LogP contribution in [0, 0.1) is 23.0 Å². The molecule has 1 aliphatic rings. The van der Waals surface area contributed by atoms with E-state index in [1.807, 2.05) is 6.07 Å². The number of amides is 2. The zero-order chi connectivity index (χ0) is 32.0. The number of nitrogens with zero attached hydrogens (tertiary/aromatic N) is 2. The molecule has 228 valence electrons. The molecule has 46 heavy (non-hydrogen) atoms. The summed E-state index contributed by atoms with van der Waals surface area (Å²) in [5, 5.41) is 14.7. The summed E-state index contributed by atoms with van der Waals surface area (Å²) in [7, 11) is 0. The number of fused-ring (bicyclic) bond motifs is 1. The Labute approximate surface area is 262 Å². The van der Waals surface area contributed by atoms with Crippen molar-refractivity contribution in [1.82, 2.24) is 15.6 Å². The third-order valence-corrected chi connectivity index (χ3v) is 7.12. The Morgan fingerprint density at radius 1 is 0.826 bits per heavy atom. The summed E-state index contributed by atoms with van der Waals surface area (Å²) in [5.41, 5.74) is 2.65. The third-order valence-electron chi connectivity index (χ3n) is 7.12. The molecule has 4 aromatic carbocycles. The Bertz CT molecular complexity index is 1990. The van der Waals surface area contributed by atoms with Crippen molar-refractivity contribution in [3.63, 3.8) is 0 Å². The summed E-state index contributed by atoms with van der Waals surface area (Å²) in [6, 6.07) is 25.9. The highest BCUT2D eigenvalue weighted by atomic mass is 19.1. The van der Waals surface area contributed by atoms with E-state index in [0.29, 0.717) is 33.9 Å². The number of benzene rings is 4. The van der Waals surface area contributed by atoms with Gasteiger partial charge in [-0.3, -0.25) is 9.59 Å². The summed E-state index contributed by atoms with van der Waals surface area (Å²) in [6.07, 6.45) is 0.954. The van der Waals surface area contributed by atoms with Gasteiger partial charge in [0.15, 0.2) is 11.5 Å². The zero-order valence-electron chi connectivity index (χ0n) is 24.1. The third kappa shape index (κ3) is 6.61. The Morgan fingerprint density at radius 2 is 1.54 bits per heavy atom. The molecule has 9 nitrogen and oxygen atoms in total. The van der Waals surface area contributed by atoms with Gasteiger partial charge in [0.2, 0.25) is 12.7 Å². The van der Waals surface area contributed by atoms with E-state index in [2.05, 4.69) is 15.6 Å². The van der Waals surface area contributed by atoms with E-state index in [-0.39, 0.29) is 42.5 Å². The highest BCUT2D eigenvalue weighted by Crippen LogP contribution is 2.37. The summed E-state index contributed by atoms with van der Waals surface area (Å²) in [4.78, 5) is 29.5. The van der Waals surface area contributed by atoms with Gasteiger partial charge >= 0.3 is 0 Å². The maximum atomic E-state index is 15.1. The number of ether oxygens (including phenoxy) is 3. The first-order chi connectivity index (χ1) is 22.4. The number of carbonyl (C=O) groups excluding carboxylic acids is 2. The fourth-order valence-electron chi connectivity index (χ4n) is 4.76. The molecule has 1 aliphatic heterocycles. The number of hydrogen-bond donors (Lipinski definition) is 2. The molecule has 6 rings (SSSR count). The molecule has 0 saturated heterocycles. The maximum absolute atomic E-state index is 15.1. The highest BCUT2D eigenvalue weighted by Gasteiger charge is 2.19. The molecule has 0 radical (unpaired) electrons. The molecule has 0 fully saturated rings. The predicted octanol–water partition coefficient (Wildman–Crippen LogP) is 6.28. The second-order valence-corrected chi connectivity index (χ2v) is 10.2. The van der Waals surface area contributed by atoms with E-state index >= 15 is 4.39 Å². The van der Waals surface area contributed by atoms with Crippen LogP contribution >= 0.6 is 0 Å². The predicted molar refractivity (Wildman–Crippen MR) is 162 cm³/mol. The van der Waals surface area contributed by atoms with Crippen molar-refractivity contribution in [3.8, 4) is 40.3 Å². The number of halogens is 2. The quantitative estimate of drug-likeness (QED) is 0.199. The normalized spacial score (nSPS) is 11.4. The highest BCUT2D eigenvalue weighted by molar-refractivity contribution is 5.97. The van der Waals surface area contributed by atoms with E-state index in [1.54, 1.807) is 78.9 Å². The van der Waals surface area contributed by atoms with E-state index in [9.17, 15) is 19.2 Å². The molecule has 0 saturated carbocycles. The van der Waals surface area contributed by atoms with Crippen molar-refractivity contribution >= 4 is 11.8 Å².